The normalized spacial score (nSPS) is 14.1. The first kappa shape index (κ1) is 23.3. The summed E-state index contributed by atoms with van der Waals surface area (Å²) in [5.74, 6) is -2.56. The van der Waals surface area contributed by atoms with Crippen LogP contribution >= 0.6 is 0 Å². The number of likely N-dealkylation sites (N-methyl/N-ethyl adjacent to an activating group) is 1. The van der Waals surface area contributed by atoms with Crippen LogP contribution in [0.1, 0.15) is 32.8 Å². The number of carbonyl (C=O) groups is 3. The molecule has 2 rings (SSSR count). The number of hydrogen-bond acceptors (Lipinski definition) is 4. The highest BCUT2D eigenvalue weighted by atomic mass is 16.5. The van der Waals surface area contributed by atoms with Gasteiger partial charge in [-0.05, 0) is 28.7 Å². The fraction of sp³-hybridized carbons (Fsp3) is 0.435. The van der Waals surface area contributed by atoms with Crippen molar-refractivity contribution in [2.75, 3.05) is 7.05 Å². The maximum Gasteiger partial charge on any atom is 0.246 e. The van der Waals surface area contributed by atoms with E-state index in [1.807, 2.05) is 56.3 Å². The van der Waals surface area contributed by atoms with Gasteiger partial charge in [0.1, 0.15) is 6.04 Å². The van der Waals surface area contributed by atoms with Gasteiger partial charge in [0.15, 0.2) is 0 Å². The van der Waals surface area contributed by atoms with Crippen LogP contribution in [0.25, 0.3) is 10.8 Å². The molecule has 0 aliphatic heterocycles. The summed E-state index contributed by atoms with van der Waals surface area (Å²) in [5, 5.41) is 16.5. The maximum atomic E-state index is 13.1. The fourth-order valence-electron chi connectivity index (χ4n) is 3.68. The average Bonchev–Trinajstić information content (AvgIpc) is 2.75. The minimum atomic E-state index is -0.785. The molecule has 0 aliphatic carbocycles. The van der Waals surface area contributed by atoms with Crippen molar-refractivity contribution in [3.63, 3.8) is 0 Å². The lowest BCUT2D eigenvalue weighted by atomic mass is 9.85. The zero-order valence-electron chi connectivity index (χ0n) is 17.9. The third-order valence-corrected chi connectivity index (χ3v) is 5.37. The van der Waals surface area contributed by atoms with Crippen LogP contribution < -0.4 is 16.1 Å². The molecular weight excluding hydrogens is 382 g/mol. The summed E-state index contributed by atoms with van der Waals surface area (Å²) in [4.78, 5) is 37.6. The predicted molar refractivity (Wildman–Crippen MR) is 116 cm³/mol. The highest BCUT2D eigenvalue weighted by Gasteiger charge is 2.33. The highest BCUT2D eigenvalue weighted by Crippen LogP contribution is 2.23. The van der Waals surface area contributed by atoms with Crippen molar-refractivity contribution in [2.24, 2.45) is 17.8 Å². The van der Waals surface area contributed by atoms with Crippen molar-refractivity contribution in [1.29, 1.82) is 0 Å². The number of nitrogens with one attached hydrogen (secondary N) is 3. The summed E-state index contributed by atoms with van der Waals surface area (Å²) < 4.78 is 0. The molecule has 0 aliphatic rings. The third-order valence-electron chi connectivity index (χ3n) is 5.37. The number of hydrogen-bond donors (Lipinski definition) is 4. The summed E-state index contributed by atoms with van der Waals surface area (Å²) in [5.41, 5.74) is 2.57. The van der Waals surface area contributed by atoms with Crippen molar-refractivity contribution in [2.45, 2.75) is 39.7 Å². The maximum absolute atomic E-state index is 13.1. The SMILES string of the molecule is CNC(=O)[C@H](Cc1cccc2ccccc12)NC(=O)[C@H](CC(C)C)[C@H](C)C(=O)NO. The molecule has 0 heterocycles. The van der Waals surface area contributed by atoms with Crippen LogP contribution in [0.15, 0.2) is 42.5 Å². The van der Waals surface area contributed by atoms with E-state index in [4.69, 9.17) is 5.21 Å². The van der Waals surface area contributed by atoms with Crippen molar-refractivity contribution in [3.8, 4) is 0 Å². The van der Waals surface area contributed by atoms with E-state index in [2.05, 4.69) is 10.6 Å². The Labute approximate surface area is 177 Å². The lowest BCUT2D eigenvalue weighted by Crippen LogP contribution is -2.51. The summed E-state index contributed by atoms with van der Waals surface area (Å²) in [6, 6.07) is 13.0. The average molecular weight is 414 g/mol. The molecule has 7 heteroatoms. The zero-order valence-corrected chi connectivity index (χ0v) is 17.9. The number of carbonyl (C=O) groups excluding carboxylic acids is 3. The summed E-state index contributed by atoms with van der Waals surface area (Å²) in [6.45, 7) is 5.50. The number of rotatable bonds is 9. The molecule has 0 radical (unpaired) electrons. The minimum absolute atomic E-state index is 0.159. The molecule has 0 fully saturated rings. The molecule has 4 N–H and O–H groups in total. The van der Waals surface area contributed by atoms with Gasteiger partial charge in [0.05, 0.1) is 0 Å². The second-order valence-electron chi connectivity index (χ2n) is 8.02. The molecule has 2 aromatic carbocycles. The van der Waals surface area contributed by atoms with Gasteiger partial charge in [0.2, 0.25) is 17.7 Å². The lowest BCUT2D eigenvalue weighted by Gasteiger charge is -2.26. The van der Waals surface area contributed by atoms with Gasteiger partial charge in [0, 0.05) is 25.3 Å². The van der Waals surface area contributed by atoms with Gasteiger partial charge in [-0.3, -0.25) is 19.6 Å². The number of fused-ring (bicyclic) bond motifs is 1. The van der Waals surface area contributed by atoms with E-state index in [9.17, 15) is 14.4 Å². The Kier molecular flexibility index (Phi) is 8.35. The van der Waals surface area contributed by atoms with Crippen LogP contribution in [-0.2, 0) is 20.8 Å². The van der Waals surface area contributed by atoms with Gasteiger partial charge in [0.25, 0.3) is 0 Å². The molecule has 0 unspecified atom stereocenters. The monoisotopic (exact) mass is 413 g/mol. The Morgan fingerprint density at radius 2 is 1.60 bits per heavy atom. The predicted octanol–water partition coefficient (Wildman–Crippen LogP) is 2.42. The lowest BCUT2D eigenvalue weighted by molar-refractivity contribution is -0.140. The van der Waals surface area contributed by atoms with Gasteiger partial charge >= 0.3 is 0 Å². The fourth-order valence-corrected chi connectivity index (χ4v) is 3.68. The zero-order chi connectivity index (χ0) is 22.3. The van der Waals surface area contributed by atoms with Crippen LogP contribution in [0.4, 0.5) is 0 Å². The topological polar surface area (TPSA) is 108 Å². The molecule has 3 atom stereocenters. The van der Waals surface area contributed by atoms with E-state index in [0.717, 1.165) is 16.3 Å². The molecule has 2 aromatic rings. The standard InChI is InChI=1S/C23H31N3O4/c1-14(2)12-19(15(3)21(27)26-30)22(28)25-20(23(29)24-4)13-17-10-7-9-16-8-5-6-11-18(16)17/h5-11,14-15,19-20,30H,12-13H2,1-4H3,(H,24,29)(H,25,28)(H,26,27)/t15-,19+,20-/m0/s1. The number of hydroxylamine groups is 1. The van der Waals surface area contributed by atoms with Gasteiger partial charge in [-0.2, -0.15) is 0 Å². The molecule has 0 saturated heterocycles. The van der Waals surface area contributed by atoms with E-state index in [1.54, 1.807) is 12.4 Å². The van der Waals surface area contributed by atoms with Crippen LogP contribution in [0, 0.1) is 17.8 Å². The third kappa shape index (κ3) is 5.79. The molecule has 0 bridgehead atoms. The van der Waals surface area contributed by atoms with Gasteiger partial charge in [-0.15, -0.1) is 0 Å². The second-order valence-corrected chi connectivity index (χ2v) is 8.02. The Morgan fingerprint density at radius 1 is 0.933 bits per heavy atom. The Bertz CT molecular complexity index is 892. The summed E-state index contributed by atoms with van der Waals surface area (Å²) in [6.07, 6.45) is 0.775. The number of amides is 3. The Morgan fingerprint density at radius 3 is 2.23 bits per heavy atom. The van der Waals surface area contributed by atoms with E-state index >= 15 is 0 Å². The molecule has 162 valence electrons. The molecule has 0 spiro atoms. The molecule has 30 heavy (non-hydrogen) atoms. The van der Waals surface area contributed by atoms with Gasteiger partial charge < -0.3 is 10.6 Å². The first-order chi connectivity index (χ1) is 14.3. The second kappa shape index (κ2) is 10.7. The van der Waals surface area contributed by atoms with Crippen LogP contribution in [0.5, 0.6) is 0 Å². The van der Waals surface area contributed by atoms with Crippen molar-refractivity contribution >= 4 is 28.5 Å². The first-order valence-electron chi connectivity index (χ1n) is 10.2. The molecule has 0 saturated carbocycles. The smallest absolute Gasteiger partial charge is 0.246 e. The highest BCUT2D eigenvalue weighted by molar-refractivity contribution is 5.92. The van der Waals surface area contributed by atoms with E-state index in [0.29, 0.717) is 12.8 Å². The largest absolute Gasteiger partial charge is 0.357 e. The minimum Gasteiger partial charge on any atom is -0.357 e. The molecule has 7 nitrogen and oxygen atoms in total. The number of benzene rings is 2. The van der Waals surface area contributed by atoms with Gasteiger partial charge in [-0.25, -0.2) is 5.48 Å². The van der Waals surface area contributed by atoms with Crippen LogP contribution in [0.2, 0.25) is 0 Å². The van der Waals surface area contributed by atoms with E-state index in [1.165, 1.54) is 7.05 Å². The molecule has 0 aromatic heterocycles. The van der Waals surface area contributed by atoms with E-state index < -0.39 is 23.8 Å². The Balaban J connectivity index is 2.28. The summed E-state index contributed by atoms with van der Waals surface area (Å²) in [7, 11) is 1.53. The van der Waals surface area contributed by atoms with Crippen molar-refractivity contribution in [1.82, 2.24) is 16.1 Å². The Hall–Kier alpha value is -2.93. The molecular formula is C23H31N3O4. The van der Waals surface area contributed by atoms with Crippen molar-refractivity contribution < 1.29 is 19.6 Å². The van der Waals surface area contributed by atoms with Gasteiger partial charge in [-0.1, -0.05) is 63.2 Å². The van der Waals surface area contributed by atoms with Crippen molar-refractivity contribution in [3.05, 3.63) is 48.0 Å². The van der Waals surface area contributed by atoms with Crippen LogP contribution in [-0.4, -0.2) is 36.0 Å². The van der Waals surface area contributed by atoms with E-state index in [-0.39, 0.29) is 17.7 Å². The molecule has 3 amide bonds. The quantitative estimate of drug-likeness (QED) is 0.374. The first-order valence-corrected chi connectivity index (χ1v) is 10.2. The summed E-state index contributed by atoms with van der Waals surface area (Å²) >= 11 is 0. The van der Waals surface area contributed by atoms with Crippen LogP contribution in [0.3, 0.4) is 0 Å².